The molecule has 2 aliphatic rings. The minimum absolute atomic E-state index is 0.156. The first-order chi connectivity index (χ1) is 6.20. The first-order valence-electron chi connectivity index (χ1n) is 5.04. The van der Waals surface area contributed by atoms with Crippen molar-refractivity contribution in [1.29, 1.82) is 0 Å². The maximum Gasteiger partial charge on any atom is 0.306 e. The maximum atomic E-state index is 11.0. The summed E-state index contributed by atoms with van der Waals surface area (Å²) < 4.78 is 5.59. The Morgan fingerprint density at radius 1 is 1.46 bits per heavy atom. The van der Waals surface area contributed by atoms with Crippen LogP contribution in [-0.4, -0.2) is 23.8 Å². The SMILES string of the molecule is CC1COC2CCCC(C(=O)O)C12. The lowest BCUT2D eigenvalue weighted by molar-refractivity contribution is -0.146. The summed E-state index contributed by atoms with van der Waals surface area (Å²) in [6.45, 7) is 2.85. The number of hydrogen-bond donors (Lipinski definition) is 1. The highest BCUT2D eigenvalue weighted by molar-refractivity contribution is 5.70. The zero-order valence-corrected chi connectivity index (χ0v) is 7.90. The highest BCUT2D eigenvalue weighted by atomic mass is 16.5. The number of fused-ring (bicyclic) bond motifs is 1. The minimum atomic E-state index is -0.632. The van der Waals surface area contributed by atoms with Crippen LogP contribution in [0.4, 0.5) is 0 Å². The number of carboxylic acids is 1. The van der Waals surface area contributed by atoms with Gasteiger partial charge in [-0.1, -0.05) is 6.92 Å². The quantitative estimate of drug-likeness (QED) is 0.672. The molecule has 0 aromatic heterocycles. The molecule has 3 heteroatoms. The lowest BCUT2D eigenvalue weighted by Crippen LogP contribution is -2.36. The van der Waals surface area contributed by atoms with Crippen LogP contribution in [0.2, 0.25) is 0 Å². The fourth-order valence-corrected chi connectivity index (χ4v) is 2.82. The van der Waals surface area contributed by atoms with Crippen molar-refractivity contribution in [2.24, 2.45) is 17.8 Å². The summed E-state index contributed by atoms with van der Waals surface area (Å²) in [5, 5.41) is 9.05. The predicted molar refractivity (Wildman–Crippen MR) is 47.4 cm³/mol. The van der Waals surface area contributed by atoms with Gasteiger partial charge in [-0.05, 0) is 25.2 Å². The molecule has 0 aromatic rings. The maximum absolute atomic E-state index is 11.0. The monoisotopic (exact) mass is 184 g/mol. The van der Waals surface area contributed by atoms with Gasteiger partial charge in [-0.25, -0.2) is 0 Å². The van der Waals surface area contributed by atoms with Crippen molar-refractivity contribution < 1.29 is 14.6 Å². The third-order valence-corrected chi connectivity index (χ3v) is 3.45. The largest absolute Gasteiger partial charge is 0.481 e. The van der Waals surface area contributed by atoms with Crippen molar-refractivity contribution in [1.82, 2.24) is 0 Å². The molecule has 0 aromatic carbocycles. The molecule has 2 fully saturated rings. The molecule has 1 aliphatic carbocycles. The Bertz CT molecular complexity index is 212. The van der Waals surface area contributed by atoms with Crippen molar-refractivity contribution >= 4 is 5.97 Å². The van der Waals surface area contributed by atoms with E-state index in [2.05, 4.69) is 6.92 Å². The topological polar surface area (TPSA) is 46.5 Å². The van der Waals surface area contributed by atoms with Crippen molar-refractivity contribution in [3.8, 4) is 0 Å². The third-order valence-electron chi connectivity index (χ3n) is 3.45. The van der Waals surface area contributed by atoms with Gasteiger partial charge in [-0.3, -0.25) is 4.79 Å². The molecule has 1 saturated heterocycles. The first-order valence-corrected chi connectivity index (χ1v) is 5.04. The van der Waals surface area contributed by atoms with Crippen LogP contribution in [0.15, 0.2) is 0 Å². The van der Waals surface area contributed by atoms with Crippen LogP contribution in [0, 0.1) is 17.8 Å². The highest BCUT2D eigenvalue weighted by Gasteiger charge is 2.44. The number of aliphatic carboxylic acids is 1. The zero-order chi connectivity index (χ0) is 9.42. The Morgan fingerprint density at radius 3 is 2.92 bits per heavy atom. The first kappa shape index (κ1) is 9.00. The van der Waals surface area contributed by atoms with Gasteiger partial charge in [0, 0.05) is 12.5 Å². The van der Waals surface area contributed by atoms with E-state index in [1.54, 1.807) is 0 Å². The van der Waals surface area contributed by atoms with E-state index in [1.165, 1.54) is 0 Å². The summed E-state index contributed by atoms with van der Waals surface area (Å²) in [7, 11) is 0. The Labute approximate surface area is 78.1 Å². The third kappa shape index (κ3) is 1.46. The van der Waals surface area contributed by atoms with Gasteiger partial charge in [0.25, 0.3) is 0 Å². The lowest BCUT2D eigenvalue weighted by atomic mass is 9.73. The van der Waals surface area contributed by atoms with Crippen molar-refractivity contribution in [2.75, 3.05) is 6.61 Å². The highest BCUT2D eigenvalue weighted by Crippen LogP contribution is 2.41. The second kappa shape index (κ2) is 3.29. The predicted octanol–water partition coefficient (Wildman–Crippen LogP) is 1.52. The van der Waals surface area contributed by atoms with Gasteiger partial charge in [-0.2, -0.15) is 0 Å². The van der Waals surface area contributed by atoms with Crippen LogP contribution in [0.1, 0.15) is 26.2 Å². The molecular formula is C10H16O3. The van der Waals surface area contributed by atoms with Crippen molar-refractivity contribution in [3.05, 3.63) is 0 Å². The van der Waals surface area contributed by atoms with E-state index in [0.717, 1.165) is 25.9 Å². The molecule has 0 bridgehead atoms. The number of ether oxygens (including phenoxy) is 1. The van der Waals surface area contributed by atoms with Gasteiger partial charge in [0.15, 0.2) is 0 Å². The lowest BCUT2D eigenvalue weighted by Gasteiger charge is -2.31. The number of hydrogen-bond acceptors (Lipinski definition) is 2. The van der Waals surface area contributed by atoms with Gasteiger partial charge >= 0.3 is 5.97 Å². The minimum Gasteiger partial charge on any atom is -0.481 e. The Balaban J connectivity index is 2.14. The summed E-state index contributed by atoms with van der Waals surface area (Å²) in [4.78, 5) is 11.0. The second-order valence-electron chi connectivity index (χ2n) is 4.30. The zero-order valence-electron chi connectivity index (χ0n) is 7.90. The Kier molecular flexibility index (Phi) is 2.28. The summed E-state index contributed by atoms with van der Waals surface area (Å²) in [6.07, 6.45) is 3.12. The molecule has 1 heterocycles. The Morgan fingerprint density at radius 2 is 2.23 bits per heavy atom. The van der Waals surface area contributed by atoms with Gasteiger partial charge in [0.05, 0.1) is 12.0 Å². The molecule has 2 rings (SSSR count). The number of carboxylic acid groups (broad SMARTS) is 1. The molecule has 1 N–H and O–H groups in total. The summed E-state index contributed by atoms with van der Waals surface area (Å²) in [6, 6.07) is 0. The van der Waals surface area contributed by atoms with E-state index in [-0.39, 0.29) is 17.9 Å². The molecule has 74 valence electrons. The van der Waals surface area contributed by atoms with Gasteiger partial charge < -0.3 is 9.84 Å². The smallest absolute Gasteiger partial charge is 0.306 e. The van der Waals surface area contributed by atoms with Crippen LogP contribution >= 0.6 is 0 Å². The van der Waals surface area contributed by atoms with Crippen LogP contribution in [-0.2, 0) is 9.53 Å². The molecule has 4 unspecified atom stereocenters. The van der Waals surface area contributed by atoms with E-state index in [4.69, 9.17) is 9.84 Å². The molecule has 1 saturated carbocycles. The average Bonchev–Trinajstić information content (AvgIpc) is 2.48. The van der Waals surface area contributed by atoms with Crippen LogP contribution in [0.3, 0.4) is 0 Å². The molecule has 0 radical (unpaired) electrons. The van der Waals surface area contributed by atoms with Crippen LogP contribution in [0.5, 0.6) is 0 Å². The fraction of sp³-hybridized carbons (Fsp3) is 0.900. The fourth-order valence-electron chi connectivity index (χ4n) is 2.82. The molecule has 0 amide bonds. The molecule has 3 nitrogen and oxygen atoms in total. The van der Waals surface area contributed by atoms with E-state index < -0.39 is 5.97 Å². The normalized spacial score (nSPS) is 44.4. The summed E-state index contributed by atoms with van der Waals surface area (Å²) in [5.41, 5.74) is 0. The molecule has 1 aliphatic heterocycles. The summed E-state index contributed by atoms with van der Waals surface area (Å²) >= 11 is 0. The van der Waals surface area contributed by atoms with E-state index in [9.17, 15) is 4.79 Å². The second-order valence-corrected chi connectivity index (χ2v) is 4.30. The van der Waals surface area contributed by atoms with Crippen LogP contribution < -0.4 is 0 Å². The van der Waals surface area contributed by atoms with E-state index in [0.29, 0.717) is 5.92 Å². The Hall–Kier alpha value is -0.570. The average molecular weight is 184 g/mol. The number of rotatable bonds is 1. The van der Waals surface area contributed by atoms with E-state index in [1.807, 2.05) is 0 Å². The van der Waals surface area contributed by atoms with Crippen LogP contribution in [0.25, 0.3) is 0 Å². The van der Waals surface area contributed by atoms with Gasteiger partial charge in [0.1, 0.15) is 0 Å². The van der Waals surface area contributed by atoms with Gasteiger partial charge in [0.2, 0.25) is 0 Å². The molecule has 0 spiro atoms. The van der Waals surface area contributed by atoms with Crippen molar-refractivity contribution in [3.63, 3.8) is 0 Å². The number of carbonyl (C=O) groups is 1. The molecular weight excluding hydrogens is 168 g/mol. The van der Waals surface area contributed by atoms with E-state index >= 15 is 0 Å². The van der Waals surface area contributed by atoms with Gasteiger partial charge in [-0.15, -0.1) is 0 Å². The summed E-state index contributed by atoms with van der Waals surface area (Å²) in [5.74, 6) is -0.0963. The van der Waals surface area contributed by atoms with Crippen molar-refractivity contribution in [2.45, 2.75) is 32.3 Å². The standard InChI is InChI=1S/C10H16O3/c1-6-5-13-8-4-2-3-7(9(6)8)10(11)12/h6-9H,2-5H2,1H3,(H,11,12). The molecule has 13 heavy (non-hydrogen) atoms. The molecule has 4 atom stereocenters.